The second-order valence-corrected chi connectivity index (χ2v) is 18.9. The second kappa shape index (κ2) is 40.8. The summed E-state index contributed by atoms with van der Waals surface area (Å²) in [5.74, 6) is -0.149. The molecule has 0 bridgehead atoms. The molecule has 1 amide bonds. The second-order valence-electron chi connectivity index (χ2n) is 17.5. The number of carbonyl (C=O) groups is 1. The summed E-state index contributed by atoms with van der Waals surface area (Å²) in [6, 6.07) is -0.757. The Morgan fingerprint density at radius 2 is 1.03 bits per heavy atom. The van der Waals surface area contributed by atoms with Gasteiger partial charge in [0.2, 0.25) is 5.91 Å². The summed E-state index contributed by atoms with van der Waals surface area (Å²) in [5.41, 5.74) is 0. The highest BCUT2D eigenvalue weighted by Crippen LogP contribution is 2.43. The zero-order valence-corrected chi connectivity index (χ0v) is 39.4. The zero-order valence-electron chi connectivity index (χ0n) is 38.5. The quantitative estimate of drug-likeness (QED) is 0.0244. The first-order chi connectivity index (χ1) is 28.0. The Morgan fingerprint density at radius 1 is 0.603 bits per heavy atom. The fourth-order valence-electron chi connectivity index (χ4n) is 6.80. The predicted octanol–water partition coefficient (Wildman–Crippen LogP) is 13.6. The number of rotatable bonds is 43. The molecule has 9 heteroatoms. The molecule has 0 heterocycles. The van der Waals surface area contributed by atoms with E-state index >= 15 is 0 Å². The molecule has 340 valence electrons. The number of aliphatic hydroxyl groups is 1. The van der Waals surface area contributed by atoms with Gasteiger partial charge in [0, 0.05) is 6.42 Å². The highest BCUT2D eigenvalue weighted by atomic mass is 31.2. The van der Waals surface area contributed by atoms with Crippen molar-refractivity contribution in [3.63, 3.8) is 0 Å². The van der Waals surface area contributed by atoms with E-state index in [0.29, 0.717) is 23.9 Å². The molecule has 0 aromatic heterocycles. The van der Waals surface area contributed by atoms with E-state index in [1.165, 1.54) is 116 Å². The molecule has 0 aromatic rings. The SMILES string of the molecule is CC/C=C\C/C=C\C/C=C\C/C=C\CCCCCCCCCCCCCCCCCCC(=O)NC(COP(=O)(O)OCC[N+](C)(C)C)C(O)CCCCCCCCC. The van der Waals surface area contributed by atoms with Crippen molar-refractivity contribution in [2.45, 2.75) is 219 Å². The molecule has 0 spiro atoms. The van der Waals surface area contributed by atoms with Crippen LogP contribution in [0.4, 0.5) is 0 Å². The van der Waals surface area contributed by atoms with Crippen molar-refractivity contribution in [1.29, 1.82) is 0 Å². The van der Waals surface area contributed by atoms with Gasteiger partial charge < -0.3 is 19.8 Å². The van der Waals surface area contributed by atoms with Gasteiger partial charge in [0.15, 0.2) is 0 Å². The number of nitrogens with one attached hydrogen (secondary N) is 1. The van der Waals surface area contributed by atoms with Gasteiger partial charge in [-0.3, -0.25) is 13.8 Å². The molecule has 3 N–H and O–H groups in total. The molecule has 0 aliphatic heterocycles. The molecule has 0 rings (SSSR count). The fourth-order valence-corrected chi connectivity index (χ4v) is 7.54. The molecule has 3 atom stereocenters. The normalized spacial score (nSPS) is 14.7. The number of phosphoric acid groups is 1. The van der Waals surface area contributed by atoms with E-state index in [9.17, 15) is 19.4 Å². The van der Waals surface area contributed by atoms with Crippen LogP contribution in [-0.4, -0.2) is 73.4 Å². The summed E-state index contributed by atoms with van der Waals surface area (Å²) in [5, 5.41) is 13.8. The van der Waals surface area contributed by atoms with Gasteiger partial charge >= 0.3 is 7.82 Å². The van der Waals surface area contributed by atoms with Gasteiger partial charge in [-0.05, 0) is 51.4 Å². The monoisotopic (exact) mass is 838 g/mol. The molecule has 0 radical (unpaired) electrons. The average Bonchev–Trinajstić information content (AvgIpc) is 3.17. The highest BCUT2D eigenvalue weighted by molar-refractivity contribution is 7.47. The van der Waals surface area contributed by atoms with E-state index in [4.69, 9.17) is 9.05 Å². The lowest BCUT2D eigenvalue weighted by Gasteiger charge is -2.26. The van der Waals surface area contributed by atoms with Crippen LogP contribution in [0.2, 0.25) is 0 Å². The number of likely N-dealkylation sites (N-methyl/N-ethyl adjacent to an activating group) is 1. The lowest BCUT2D eigenvalue weighted by atomic mass is 10.0. The van der Waals surface area contributed by atoms with Crippen molar-refractivity contribution in [2.75, 3.05) is 40.9 Å². The third-order valence-corrected chi connectivity index (χ3v) is 11.6. The largest absolute Gasteiger partial charge is 0.472 e. The standard InChI is InChI=1S/C49H93N2O6P/c1-6-8-10-12-14-15-16-17-18-19-20-21-22-23-24-25-26-27-28-29-30-31-32-33-34-35-37-39-41-43-49(53)50-47(48(52)42-40-38-36-13-11-9-7-2)46-57-58(54,55)56-45-44-51(3,4)5/h8,10,14-15,17-18,20-21,47-48,52H,6-7,9,11-13,16,19,22-46H2,1-5H3,(H-,50,53,54,55)/p+1/b10-8-,15-14-,18-17-,21-20-. The number of carbonyl (C=O) groups excluding carboxylic acids is 1. The van der Waals surface area contributed by atoms with E-state index in [0.717, 1.165) is 64.2 Å². The maximum absolute atomic E-state index is 12.8. The number of amides is 1. The first-order valence-electron chi connectivity index (χ1n) is 24.0. The number of allylic oxidation sites excluding steroid dienone is 8. The third-order valence-electron chi connectivity index (χ3n) is 10.6. The van der Waals surface area contributed by atoms with Gasteiger partial charge in [-0.2, -0.15) is 0 Å². The molecule has 0 saturated carbocycles. The van der Waals surface area contributed by atoms with E-state index in [1.807, 2.05) is 21.1 Å². The first kappa shape index (κ1) is 56.5. The molecule has 0 saturated heterocycles. The van der Waals surface area contributed by atoms with Gasteiger partial charge in [-0.15, -0.1) is 0 Å². The van der Waals surface area contributed by atoms with E-state index in [2.05, 4.69) is 67.8 Å². The maximum Gasteiger partial charge on any atom is 0.472 e. The van der Waals surface area contributed by atoms with E-state index in [-0.39, 0.29) is 19.1 Å². The predicted molar refractivity (Wildman–Crippen MR) is 249 cm³/mol. The smallest absolute Gasteiger partial charge is 0.391 e. The van der Waals surface area contributed by atoms with Crippen LogP contribution in [0.25, 0.3) is 0 Å². The summed E-state index contributed by atoms with van der Waals surface area (Å²) < 4.78 is 23.5. The van der Waals surface area contributed by atoms with Crippen molar-refractivity contribution < 1.29 is 32.9 Å². The zero-order chi connectivity index (χ0) is 42.8. The topological polar surface area (TPSA) is 105 Å². The van der Waals surface area contributed by atoms with Crippen molar-refractivity contribution in [3.05, 3.63) is 48.6 Å². The number of hydrogen-bond donors (Lipinski definition) is 3. The molecule has 0 aromatic carbocycles. The van der Waals surface area contributed by atoms with E-state index in [1.54, 1.807) is 0 Å². The Morgan fingerprint density at radius 3 is 1.52 bits per heavy atom. The van der Waals surface area contributed by atoms with Gasteiger partial charge in [0.1, 0.15) is 13.2 Å². The van der Waals surface area contributed by atoms with Crippen LogP contribution in [-0.2, 0) is 18.4 Å². The summed E-state index contributed by atoms with van der Waals surface area (Å²) in [4.78, 5) is 23.1. The summed E-state index contributed by atoms with van der Waals surface area (Å²) in [6.45, 7) is 4.72. The van der Waals surface area contributed by atoms with Crippen molar-refractivity contribution >= 4 is 13.7 Å². The van der Waals surface area contributed by atoms with Crippen molar-refractivity contribution in [3.8, 4) is 0 Å². The summed E-state index contributed by atoms with van der Waals surface area (Å²) in [7, 11) is 1.61. The molecule has 0 fully saturated rings. The average molecular weight is 838 g/mol. The molecular weight excluding hydrogens is 744 g/mol. The van der Waals surface area contributed by atoms with Crippen LogP contribution < -0.4 is 5.32 Å². The van der Waals surface area contributed by atoms with Crippen molar-refractivity contribution in [2.24, 2.45) is 0 Å². The number of hydrogen-bond acceptors (Lipinski definition) is 5. The van der Waals surface area contributed by atoms with Crippen LogP contribution in [0, 0.1) is 0 Å². The van der Waals surface area contributed by atoms with Gasteiger partial charge in [0.25, 0.3) is 0 Å². The maximum atomic E-state index is 12.8. The van der Waals surface area contributed by atoms with E-state index < -0.39 is 20.0 Å². The molecular formula is C49H94N2O6P+. The third kappa shape index (κ3) is 42.6. The Hall–Kier alpha value is -1.54. The Bertz CT molecular complexity index is 1090. The summed E-state index contributed by atoms with van der Waals surface area (Å²) >= 11 is 0. The molecule has 8 nitrogen and oxygen atoms in total. The van der Waals surface area contributed by atoms with Crippen LogP contribution >= 0.6 is 7.82 Å². The number of quaternary nitrogens is 1. The number of aliphatic hydroxyl groups excluding tert-OH is 1. The summed E-state index contributed by atoms with van der Waals surface area (Å²) in [6.07, 6.45) is 51.8. The molecule has 0 aliphatic rings. The molecule has 3 unspecified atom stereocenters. The minimum absolute atomic E-state index is 0.0739. The Kier molecular flexibility index (Phi) is 39.8. The van der Waals surface area contributed by atoms with Gasteiger partial charge in [-0.1, -0.05) is 197 Å². The lowest BCUT2D eigenvalue weighted by molar-refractivity contribution is -0.870. The van der Waals surface area contributed by atoms with Crippen LogP contribution in [0.5, 0.6) is 0 Å². The lowest BCUT2D eigenvalue weighted by Crippen LogP contribution is -2.46. The number of phosphoric ester groups is 1. The minimum atomic E-state index is -4.30. The van der Waals surface area contributed by atoms with Gasteiger partial charge in [-0.25, -0.2) is 4.57 Å². The molecule has 58 heavy (non-hydrogen) atoms. The van der Waals surface area contributed by atoms with Crippen LogP contribution in [0.3, 0.4) is 0 Å². The number of nitrogens with zero attached hydrogens (tertiary/aromatic N) is 1. The fraction of sp³-hybridized carbons (Fsp3) is 0.816. The Balaban J connectivity index is 3.97. The number of unbranched alkanes of at least 4 members (excludes halogenated alkanes) is 22. The Labute approximate surface area is 359 Å². The first-order valence-corrected chi connectivity index (χ1v) is 25.5. The van der Waals surface area contributed by atoms with Crippen LogP contribution in [0.15, 0.2) is 48.6 Å². The minimum Gasteiger partial charge on any atom is -0.391 e. The van der Waals surface area contributed by atoms with Crippen LogP contribution in [0.1, 0.15) is 206 Å². The van der Waals surface area contributed by atoms with Crippen molar-refractivity contribution in [1.82, 2.24) is 5.32 Å². The highest BCUT2D eigenvalue weighted by Gasteiger charge is 2.28. The van der Waals surface area contributed by atoms with Gasteiger partial charge in [0.05, 0.1) is 39.9 Å². The molecule has 0 aliphatic carbocycles.